The lowest BCUT2D eigenvalue weighted by Crippen LogP contribution is -2.49. The topological polar surface area (TPSA) is 58.6 Å². The molecule has 0 amide bonds. The summed E-state index contributed by atoms with van der Waals surface area (Å²) in [6, 6.07) is 4.40. The molecular weight excluding hydrogens is 263 g/mol. The zero-order valence-electron chi connectivity index (χ0n) is 10.4. The lowest BCUT2D eigenvalue weighted by molar-refractivity contribution is -0.164. The number of rotatable bonds is 4. The third-order valence-corrected chi connectivity index (χ3v) is 2.50. The predicted molar refractivity (Wildman–Crippen MR) is 60.9 cm³/mol. The van der Waals surface area contributed by atoms with Crippen LogP contribution in [0.4, 0.5) is 13.2 Å². The molecule has 0 unspecified atom stereocenters. The van der Waals surface area contributed by atoms with E-state index in [9.17, 15) is 23.1 Å². The number of alkyl halides is 3. The summed E-state index contributed by atoms with van der Waals surface area (Å²) in [7, 11) is 1.12. The van der Waals surface area contributed by atoms with Gasteiger partial charge in [-0.1, -0.05) is 12.1 Å². The fourth-order valence-corrected chi connectivity index (χ4v) is 1.36. The summed E-state index contributed by atoms with van der Waals surface area (Å²) in [5.74, 6) is -0.876. The van der Waals surface area contributed by atoms with Gasteiger partial charge in [0.2, 0.25) is 5.72 Å². The zero-order chi connectivity index (χ0) is 14.7. The first-order valence-electron chi connectivity index (χ1n) is 5.39. The molecule has 7 heteroatoms. The van der Waals surface area contributed by atoms with Crippen LogP contribution in [0.3, 0.4) is 0 Å². The van der Waals surface area contributed by atoms with Crippen molar-refractivity contribution in [2.75, 3.05) is 7.11 Å². The molecule has 0 aliphatic rings. The highest BCUT2D eigenvalue weighted by Gasteiger charge is 2.31. The molecule has 1 aromatic rings. The minimum atomic E-state index is -4.39. The molecule has 0 saturated carbocycles. The maximum absolute atomic E-state index is 12.3. The Labute approximate surface area is 108 Å². The third-order valence-electron chi connectivity index (χ3n) is 2.50. The van der Waals surface area contributed by atoms with Gasteiger partial charge < -0.3 is 9.84 Å². The van der Waals surface area contributed by atoms with Crippen molar-refractivity contribution < 1.29 is 27.8 Å². The minimum absolute atomic E-state index is 0.0280. The average Bonchev–Trinajstić information content (AvgIpc) is 2.35. The van der Waals surface area contributed by atoms with Crippen LogP contribution < -0.4 is 5.32 Å². The van der Waals surface area contributed by atoms with Crippen LogP contribution >= 0.6 is 0 Å². The van der Waals surface area contributed by atoms with E-state index in [0.29, 0.717) is 5.56 Å². The number of benzene rings is 1. The molecule has 106 valence electrons. The van der Waals surface area contributed by atoms with Gasteiger partial charge in [0.15, 0.2) is 0 Å². The van der Waals surface area contributed by atoms with Crippen molar-refractivity contribution in [2.45, 2.75) is 25.4 Å². The zero-order valence-corrected chi connectivity index (χ0v) is 10.4. The molecule has 19 heavy (non-hydrogen) atoms. The van der Waals surface area contributed by atoms with Crippen LogP contribution in [0.2, 0.25) is 0 Å². The normalized spacial score (nSPS) is 14.8. The van der Waals surface area contributed by atoms with Crippen molar-refractivity contribution in [3.05, 3.63) is 35.4 Å². The van der Waals surface area contributed by atoms with Crippen LogP contribution in [0.15, 0.2) is 24.3 Å². The second-order valence-corrected chi connectivity index (χ2v) is 4.11. The van der Waals surface area contributed by atoms with Gasteiger partial charge in [-0.05, 0) is 24.6 Å². The van der Waals surface area contributed by atoms with Gasteiger partial charge in [-0.25, -0.2) is 4.79 Å². The lowest BCUT2D eigenvalue weighted by Gasteiger charge is -2.21. The highest BCUT2D eigenvalue weighted by molar-refractivity contribution is 5.77. The summed E-state index contributed by atoms with van der Waals surface area (Å²) in [5, 5.41) is 12.1. The maximum Gasteiger partial charge on any atom is 0.416 e. The van der Waals surface area contributed by atoms with Gasteiger partial charge in [-0.2, -0.15) is 13.2 Å². The molecular formula is C12H14F3NO3. The Kier molecular flexibility index (Phi) is 4.54. The Morgan fingerprint density at radius 3 is 2.26 bits per heavy atom. The largest absolute Gasteiger partial charge is 0.466 e. The maximum atomic E-state index is 12.3. The second-order valence-electron chi connectivity index (χ2n) is 4.11. The molecule has 0 heterocycles. The number of halogens is 3. The quantitative estimate of drug-likeness (QED) is 0.649. The number of carbonyl (C=O) groups is 1. The number of hydrogen-bond acceptors (Lipinski definition) is 4. The Morgan fingerprint density at radius 1 is 1.32 bits per heavy atom. The van der Waals surface area contributed by atoms with Gasteiger partial charge in [-0.15, -0.1) is 0 Å². The van der Waals surface area contributed by atoms with Gasteiger partial charge in [-0.3, -0.25) is 5.32 Å². The number of ether oxygens (including phenoxy) is 1. The smallest absolute Gasteiger partial charge is 0.416 e. The highest BCUT2D eigenvalue weighted by atomic mass is 19.4. The number of carbonyl (C=O) groups excluding carboxylic acids is 1. The standard InChI is InChI=1S/C12H14F3NO3/c1-11(18,10(17)19-2)16-7-8-3-5-9(6-4-8)12(13,14)15/h3-6,16,18H,7H2,1-2H3/t11-/m1/s1. The van der Waals surface area contributed by atoms with E-state index in [2.05, 4.69) is 10.1 Å². The molecule has 1 atom stereocenters. The fraction of sp³-hybridized carbons (Fsp3) is 0.417. The number of aliphatic hydroxyl groups is 1. The SMILES string of the molecule is COC(=O)[C@@](C)(O)NCc1ccc(C(F)(F)F)cc1. The fourth-order valence-electron chi connectivity index (χ4n) is 1.36. The van der Waals surface area contributed by atoms with E-state index in [1.54, 1.807) is 0 Å². The van der Waals surface area contributed by atoms with Gasteiger partial charge in [0.1, 0.15) is 0 Å². The Hall–Kier alpha value is -1.60. The molecule has 1 rings (SSSR count). The lowest BCUT2D eigenvalue weighted by atomic mass is 10.1. The number of esters is 1. The second kappa shape index (κ2) is 5.58. The molecule has 2 N–H and O–H groups in total. The first kappa shape index (κ1) is 15.5. The highest BCUT2D eigenvalue weighted by Crippen LogP contribution is 2.29. The average molecular weight is 277 g/mol. The molecule has 4 nitrogen and oxygen atoms in total. The van der Waals surface area contributed by atoms with E-state index < -0.39 is 23.4 Å². The molecule has 0 saturated heterocycles. The number of hydrogen-bond donors (Lipinski definition) is 2. The number of nitrogens with one attached hydrogen (secondary N) is 1. The van der Waals surface area contributed by atoms with Crippen molar-refractivity contribution in [3.8, 4) is 0 Å². The summed E-state index contributed by atoms with van der Waals surface area (Å²) < 4.78 is 41.4. The van der Waals surface area contributed by atoms with E-state index in [-0.39, 0.29) is 6.54 Å². The van der Waals surface area contributed by atoms with E-state index >= 15 is 0 Å². The number of methoxy groups -OCH3 is 1. The van der Waals surface area contributed by atoms with Crippen LogP contribution in [-0.2, 0) is 22.3 Å². The monoisotopic (exact) mass is 277 g/mol. The van der Waals surface area contributed by atoms with Crippen LogP contribution in [0.5, 0.6) is 0 Å². The van der Waals surface area contributed by atoms with Crippen LogP contribution in [-0.4, -0.2) is 23.9 Å². The van der Waals surface area contributed by atoms with Crippen molar-refractivity contribution in [2.24, 2.45) is 0 Å². The Balaban J connectivity index is 2.67. The van der Waals surface area contributed by atoms with Crippen molar-refractivity contribution >= 4 is 5.97 Å². The molecule has 0 bridgehead atoms. The summed E-state index contributed by atoms with van der Waals surface area (Å²) in [4.78, 5) is 11.2. The van der Waals surface area contributed by atoms with Crippen LogP contribution in [0.1, 0.15) is 18.1 Å². The third kappa shape index (κ3) is 4.22. The molecule has 0 fully saturated rings. The van der Waals surface area contributed by atoms with Crippen molar-refractivity contribution in [3.63, 3.8) is 0 Å². The molecule has 0 aromatic heterocycles. The van der Waals surface area contributed by atoms with E-state index in [1.165, 1.54) is 19.1 Å². The van der Waals surface area contributed by atoms with Gasteiger partial charge in [0, 0.05) is 6.54 Å². The van der Waals surface area contributed by atoms with Gasteiger partial charge >= 0.3 is 12.1 Å². The predicted octanol–water partition coefficient (Wildman–Crippen LogP) is 1.68. The van der Waals surface area contributed by atoms with Crippen molar-refractivity contribution in [1.29, 1.82) is 0 Å². The Morgan fingerprint density at radius 2 is 1.84 bits per heavy atom. The summed E-state index contributed by atoms with van der Waals surface area (Å²) in [6.07, 6.45) is -4.39. The van der Waals surface area contributed by atoms with Gasteiger partial charge in [0.25, 0.3) is 0 Å². The molecule has 1 aromatic carbocycles. The molecule has 0 aliphatic carbocycles. The van der Waals surface area contributed by atoms with Crippen molar-refractivity contribution in [1.82, 2.24) is 5.32 Å². The van der Waals surface area contributed by atoms with Crippen LogP contribution in [0.25, 0.3) is 0 Å². The summed E-state index contributed by atoms with van der Waals surface area (Å²) >= 11 is 0. The Bertz CT molecular complexity index is 441. The summed E-state index contributed by atoms with van der Waals surface area (Å²) in [6.45, 7) is 1.23. The molecule has 0 spiro atoms. The van der Waals surface area contributed by atoms with E-state index in [4.69, 9.17) is 0 Å². The van der Waals surface area contributed by atoms with Crippen LogP contribution in [0, 0.1) is 0 Å². The first-order valence-corrected chi connectivity index (χ1v) is 5.39. The van der Waals surface area contributed by atoms with E-state index in [1.807, 2.05) is 0 Å². The minimum Gasteiger partial charge on any atom is -0.466 e. The molecule has 0 radical (unpaired) electrons. The first-order chi connectivity index (χ1) is 8.66. The van der Waals surface area contributed by atoms with E-state index in [0.717, 1.165) is 19.2 Å². The molecule has 0 aliphatic heterocycles. The van der Waals surface area contributed by atoms with Gasteiger partial charge in [0.05, 0.1) is 12.7 Å². The summed E-state index contributed by atoms with van der Waals surface area (Å²) in [5.41, 5.74) is -2.15.